The summed E-state index contributed by atoms with van der Waals surface area (Å²) in [6.07, 6.45) is 2.95. The van der Waals surface area contributed by atoms with Gasteiger partial charge in [0.1, 0.15) is 5.76 Å². The maximum atomic E-state index is 11.9. The summed E-state index contributed by atoms with van der Waals surface area (Å²) in [5.41, 5.74) is 2.25. The maximum Gasteiger partial charge on any atom is 0.291 e. The second-order valence-corrected chi connectivity index (χ2v) is 4.53. The number of hydrogen-bond donors (Lipinski definition) is 1. The Labute approximate surface area is 112 Å². The van der Waals surface area contributed by atoms with Crippen LogP contribution in [-0.4, -0.2) is 11.1 Å². The summed E-state index contributed by atoms with van der Waals surface area (Å²) in [4.78, 5) is 11.9. The van der Waals surface area contributed by atoms with Crippen LogP contribution in [0.1, 0.15) is 23.9 Å². The van der Waals surface area contributed by atoms with Crippen molar-refractivity contribution in [2.24, 2.45) is 0 Å². The molecule has 0 saturated heterocycles. The van der Waals surface area contributed by atoms with Crippen molar-refractivity contribution in [3.05, 3.63) is 41.4 Å². The third-order valence-electron chi connectivity index (χ3n) is 2.93. The van der Waals surface area contributed by atoms with Crippen LogP contribution in [0.15, 0.2) is 28.9 Å². The van der Waals surface area contributed by atoms with Crippen LogP contribution >= 0.6 is 0 Å². The van der Waals surface area contributed by atoms with E-state index in [1.165, 1.54) is 5.56 Å². The van der Waals surface area contributed by atoms with Gasteiger partial charge in [0.15, 0.2) is 17.7 Å². The van der Waals surface area contributed by atoms with E-state index >= 15 is 0 Å². The summed E-state index contributed by atoms with van der Waals surface area (Å²) in [6.45, 7) is 6.12. The molecule has 0 spiro atoms. The number of hydrogen-bond acceptors (Lipinski definition) is 3. The third-order valence-corrected chi connectivity index (χ3v) is 2.93. The van der Waals surface area contributed by atoms with Crippen molar-refractivity contribution in [2.45, 2.75) is 33.7 Å². The van der Waals surface area contributed by atoms with Crippen molar-refractivity contribution in [3.63, 3.8) is 0 Å². The molecule has 19 heavy (non-hydrogen) atoms. The molecule has 0 aliphatic carbocycles. The Bertz CT molecular complexity index is 590. The Balaban J connectivity index is 2.06. The van der Waals surface area contributed by atoms with Gasteiger partial charge in [0.25, 0.3) is 5.91 Å². The van der Waals surface area contributed by atoms with E-state index in [1.54, 1.807) is 13.0 Å². The predicted molar refractivity (Wildman–Crippen MR) is 70.6 cm³/mol. The quantitative estimate of drug-likeness (QED) is 0.852. The predicted octanol–water partition coefficient (Wildman–Crippen LogP) is 1.78. The van der Waals surface area contributed by atoms with Gasteiger partial charge in [-0.25, -0.2) is 0 Å². The molecule has 0 bridgehead atoms. The summed E-state index contributed by atoms with van der Waals surface area (Å²) < 4.78 is 6.84. The lowest BCUT2D eigenvalue weighted by Crippen LogP contribution is -2.43. The van der Waals surface area contributed by atoms with E-state index in [9.17, 15) is 4.79 Å². The van der Waals surface area contributed by atoms with Crippen LogP contribution in [0.4, 0.5) is 5.82 Å². The number of pyridine rings is 1. The highest BCUT2D eigenvalue weighted by molar-refractivity contribution is 5.88. The highest BCUT2D eigenvalue weighted by Crippen LogP contribution is 2.06. The molecule has 100 valence electrons. The molecule has 1 amide bonds. The van der Waals surface area contributed by atoms with Crippen LogP contribution in [0.5, 0.6) is 0 Å². The zero-order chi connectivity index (χ0) is 13.8. The largest absolute Gasteiger partial charge is 0.360 e. The van der Waals surface area contributed by atoms with E-state index in [0.717, 1.165) is 12.1 Å². The van der Waals surface area contributed by atoms with E-state index in [0.29, 0.717) is 11.6 Å². The average Bonchev–Trinajstić information content (AvgIpc) is 2.77. The summed E-state index contributed by atoms with van der Waals surface area (Å²) in [6, 6.07) is 5.79. The van der Waals surface area contributed by atoms with Gasteiger partial charge in [-0.05, 0) is 19.4 Å². The van der Waals surface area contributed by atoms with Crippen LogP contribution < -0.4 is 9.88 Å². The minimum Gasteiger partial charge on any atom is -0.360 e. The average molecular weight is 260 g/mol. The zero-order valence-corrected chi connectivity index (χ0v) is 11.4. The fraction of sp³-hybridized carbons (Fsp3) is 0.357. The van der Waals surface area contributed by atoms with E-state index < -0.39 is 0 Å². The van der Waals surface area contributed by atoms with Crippen molar-refractivity contribution < 1.29 is 13.9 Å². The van der Waals surface area contributed by atoms with Crippen LogP contribution in [0.25, 0.3) is 0 Å². The van der Waals surface area contributed by atoms with Crippen molar-refractivity contribution in [2.75, 3.05) is 5.32 Å². The Morgan fingerprint density at radius 2 is 2.21 bits per heavy atom. The Morgan fingerprint density at radius 3 is 2.84 bits per heavy atom. The first-order valence-electron chi connectivity index (χ1n) is 6.30. The zero-order valence-electron chi connectivity index (χ0n) is 11.4. The smallest absolute Gasteiger partial charge is 0.291 e. The lowest BCUT2D eigenvalue weighted by Gasteiger charge is -2.02. The van der Waals surface area contributed by atoms with Crippen molar-refractivity contribution in [1.29, 1.82) is 0 Å². The first kappa shape index (κ1) is 13.3. The van der Waals surface area contributed by atoms with Gasteiger partial charge in [-0.15, -0.1) is 0 Å². The number of amides is 1. The Morgan fingerprint density at radius 1 is 1.42 bits per heavy atom. The normalized spacial score (nSPS) is 10.5. The van der Waals surface area contributed by atoms with Crippen molar-refractivity contribution >= 4 is 11.7 Å². The number of anilines is 1. The van der Waals surface area contributed by atoms with Gasteiger partial charge in [0.05, 0.1) is 0 Å². The van der Waals surface area contributed by atoms with E-state index in [2.05, 4.69) is 23.5 Å². The van der Waals surface area contributed by atoms with Crippen LogP contribution in [-0.2, 0) is 17.8 Å². The molecule has 0 aromatic carbocycles. The second-order valence-electron chi connectivity index (χ2n) is 4.53. The number of aromatic nitrogens is 2. The highest BCUT2D eigenvalue weighted by Gasteiger charge is 2.14. The van der Waals surface area contributed by atoms with Gasteiger partial charge < -0.3 is 9.84 Å². The minimum absolute atomic E-state index is 0.116. The van der Waals surface area contributed by atoms with Gasteiger partial charge >= 0.3 is 0 Å². The molecule has 0 fully saturated rings. The van der Waals surface area contributed by atoms with Crippen LogP contribution in [0, 0.1) is 13.8 Å². The fourth-order valence-electron chi connectivity index (χ4n) is 1.81. The molecule has 0 saturated carbocycles. The van der Waals surface area contributed by atoms with Crippen molar-refractivity contribution in [1.82, 2.24) is 5.16 Å². The molecule has 1 N–H and O–H groups in total. The molecule has 0 aliphatic rings. The molecule has 2 aromatic rings. The number of rotatable bonds is 4. The molecule has 5 nitrogen and oxygen atoms in total. The molecule has 2 heterocycles. The number of carbonyl (C=O) groups is 1. The SMILES string of the molecule is CCc1ccc(C)[n+](CC(=O)Nc2cc(C)on2)c1. The summed E-state index contributed by atoms with van der Waals surface area (Å²) in [5, 5.41) is 6.45. The van der Waals surface area contributed by atoms with Gasteiger partial charge in [-0.2, -0.15) is 4.57 Å². The number of carbonyl (C=O) groups excluding carboxylic acids is 1. The summed E-state index contributed by atoms with van der Waals surface area (Å²) >= 11 is 0. The Kier molecular flexibility index (Phi) is 3.94. The molecule has 0 radical (unpaired) electrons. The lowest BCUT2D eigenvalue weighted by atomic mass is 10.2. The standard InChI is InChI=1S/C14H17N3O2/c1-4-12-6-5-10(2)17(8-12)9-14(18)15-13-7-11(3)19-16-13/h5-8H,4,9H2,1-3H3/p+1. The second kappa shape index (κ2) is 5.65. The topological polar surface area (TPSA) is 59.0 Å². The van der Waals surface area contributed by atoms with Gasteiger partial charge in [0, 0.05) is 24.6 Å². The first-order valence-corrected chi connectivity index (χ1v) is 6.30. The number of aryl methyl sites for hydroxylation is 3. The van der Waals surface area contributed by atoms with Crippen molar-refractivity contribution in [3.8, 4) is 0 Å². The molecule has 2 aromatic heterocycles. The third kappa shape index (κ3) is 3.40. The van der Waals surface area contributed by atoms with Crippen LogP contribution in [0.3, 0.4) is 0 Å². The van der Waals surface area contributed by atoms with Gasteiger partial charge in [-0.1, -0.05) is 12.1 Å². The minimum atomic E-state index is -0.116. The van der Waals surface area contributed by atoms with E-state index in [-0.39, 0.29) is 12.5 Å². The van der Waals surface area contributed by atoms with Gasteiger partial charge in [0.2, 0.25) is 6.54 Å². The molecule has 0 aliphatic heterocycles. The fourth-order valence-corrected chi connectivity index (χ4v) is 1.81. The van der Waals surface area contributed by atoms with Gasteiger partial charge in [-0.3, -0.25) is 4.79 Å². The molecule has 5 heteroatoms. The lowest BCUT2D eigenvalue weighted by molar-refractivity contribution is -0.690. The molecule has 0 unspecified atom stereocenters. The van der Waals surface area contributed by atoms with E-state index in [4.69, 9.17) is 4.52 Å². The van der Waals surface area contributed by atoms with E-state index in [1.807, 2.05) is 23.8 Å². The maximum absolute atomic E-state index is 11.9. The molecular formula is C14H18N3O2+. The Hall–Kier alpha value is -2.17. The number of nitrogens with one attached hydrogen (secondary N) is 1. The molecule has 0 atom stereocenters. The highest BCUT2D eigenvalue weighted by atomic mass is 16.5. The molecule has 2 rings (SSSR count). The summed E-state index contributed by atoms with van der Waals surface area (Å²) in [7, 11) is 0. The number of nitrogens with zero attached hydrogens (tertiary/aromatic N) is 2. The monoisotopic (exact) mass is 260 g/mol. The molecular weight excluding hydrogens is 242 g/mol. The summed E-state index contributed by atoms with van der Waals surface area (Å²) in [5.74, 6) is 1.01. The first-order chi connectivity index (χ1) is 9.08. The van der Waals surface area contributed by atoms with Crippen LogP contribution in [0.2, 0.25) is 0 Å².